The van der Waals surface area contributed by atoms with Crippen LogP contribution in [0.5, 0.6) is 0 Å². The maximum absolute atomic E-state index is 11.6. The normalized spacial score (nSPS) is 23.6. The summed E-state index contributed by atoms with van der Waals surface area (Å²) in [4.78, 5) is 2.15. The molecule has 2 rings (SSSR count). The van der Waals surface area contributed by atoms with Gasteiger partial charge in [0, 0.05) is 28.8 Å². The molecule has 0 amide bonds. The van der Waals surface area contributed by atoms with E-state index in [0.29, 0.717) is 6.54 Å². The van der Waals surface area contributed by atoms with Gasteiger partial charge in [-0.05, 0) is 38.0 Å². The zero-order valence-corrected chi connectivity index (χ0v) is 14.2. The molecule has 1 aliphatic rings. The molecule has 0 radical (unpaired) electrons. The average molecular weight is 361 g/mol. The van der Waals surface area contributed by atoms with Gasteiger partial charge in [0.15, 0.2) is 9.84 Å². The summed E-state index contributed by atoms with van der Waals surface area (Å²) < 4.78 is 24.3. The van der Waals surface area contributed by atoms with E-state index in [0.717, 1.165) is 16.6 Å². The standard InChI is InChI=1S/C14H21BrN2O2S/c1-10(16)7-12-3-4-13(8-14(12)15)17-5-6-20(18,19)9-11(17)2/h3-4,8,10-11H,5-7,9,16H2,1-2H3. The molecule has 2 N–H and O–H groups in total. The monoisotopic (exact) mass is 360 g/mol. The van der Waals surface area contributed by atoms with Crippen LogP contribution in [0.4, 0.5) is 5.69 Å². The largest absolute Gasteiger partial charge is 0.367 e. The van der Waals surface area contributed by atoms with Crippen LogP contribution in [0.3, 0.4) is 0 Å². The average Bonchev–Trinajstić information content (AvgIpc) is 2.30. The van der Waals surface area contributed by atoms with Crippen LogP contribution in [0, 0.1) is 0 Å². The first-order valence-electron chi connectivity index (χ1n) is 6.79. The summed E-state index contributed by atoms with van der Waals surface area (Å²) in [6.07, 6.45) is 0.824. The lowest BCUT2D eigenvalue weighted by atomic mass is 10.1. The van der Waals surface area contributed by atoms with Gasteiger partial charge in [-0.3, -0.25) is 0 Å². The lowest BCUT2D eigenvalue weighted by molar-refractivity contribution is 0.568. The van der Waals surface area contributed by atoms with Gasteiger partial charge in [0.05, 0.1) is 11.5 Å². The number of benzene rings is 1. The molecule has 0 aliphatic carbocycles. The number of nitrogens with two attached hydrogens (primary N) is 1. The second kappa shape index (κ2) is 6.03. The van der Waals surface area contributed by atoms with Crippen molar-refractivity contribution in [2.24, 2.45) is 5.73 Å². The minimum absolute atomic E-state index is 0.0138. The van der Waals surface area contributed by atoms with E-state index in [1.165, 1.54) is 5.56 Å². The molecule has 1 aromatic carbocycles. The van der Waals surface area contributed by atoms with Crippen LogP contribution >= 0.6 is 15.9 Å². The molecule has 1 aliphatic heterocycles. The van der Waals surface area contributed by atoms with Gasteiger partial charge in [0.1, 0.15) is 0 Å². The summed E-state index contributed by atoms with van der Waals surface area (Å²) in [6, 6.07) is 6.32. The molecule has 0 aromatic heterocycles. The first-order chi connectivity index (χ1) is 9.28. The second-order valence-electron chi connectivity index (χ2n) is 5.61. The summed E-state index contributed by atoms with van der Waals surface area (Å²) in [5.41, 5.74) is 8.07. The maximum atomic E-state index is 11.6. The highest BCUT2D eigenvalue weighted by Gasteiger charge is 2.28. The fourth-order valence-electron chi connectivity index (χ4n) is 2.61. The second-order valence-corrected chi connectivity index (χ2v) is 8.70. The van der Waals surface area contributed by atoms with Crippen LogP contribution in [0.15, 0.2) is 22.7 Å². The van der Waals surface area contributed by atoms with Gasteiger partial charge in [0.2, 0.25) is 0 Å². The van der Waals surface area contributed by atoms with E-state index >= 15 is 0 Å². The number of rotatable bonds is 3. The maximum Gasteiger partial charge on any atom is 0.154 e. The molecule has 1 aromatic rings. The molecule has 112 valence electrons. The molecule has 1 saturated heterocycles. The number of halogens is 1. The van der Waals surface area contributed by atoms with Gasteiger partial charge < -0.3 is 10.6 Å². The Bertz CT molecular complexity index is 587. The van der Waals surface area contributed by atoms with Crippen molar-refractivity contribution in [2.75, 3.05) is 23.0 Å². The zero-order valence-electron chi connectivity index (χ0n) is 11.8. The lowest BCUT2D eigenvalue weighted by Gasteiger charge is -2.35. The van der Waals surface area contributed by atoms with Crippen LogP contribution in [0.25, 0.3) is 0 Å². The number of sulfone groups is 1. The highest BCUT2D eigenvalue weighted by Crippen LogP contribution is 2.28. The van der Waals surface area contributed by atoms with Crippen LogP contribution in [-0.2, 0) is 16.3 Å². The summed E-state index contributed by atoms with van der Waals surface area (Å²) in [5.74, 6) is 0.461. The van der Waals surface area contributed by atoms with Gasteiger partial charge in [0.25, 0.3) is 0 Å². The predicted octanol–water partition coefficient (Wildman–Crippen LogP) is 1.96. The van der Waals surface area contributed by atoms with Crippen molar-refractivity contribution in [1.29, 1.82) is 0 Å². The van der Waals surface area contributed by atoms with Crippen molar-refractivity contribution < 1.29 is 8.42 Å². The van der Waals surface area contributed by atoms with Crippen LogP contribution in [-0.4, -0.2) is 38.6 Å². The van der Waals surface area contributed by atoms with Crippen molar-refractivity contribution in [3.05, 3.63) is 28.2 Å². The molecule has 0 spiro atoms. The Labute approximate surface area is 129 Å². The molecule has 6 heteroatoms. The highest BCUT2D eigenvalue weighted by molar-refractivity contribution is 9.10. The third-order valence-corrected chi connectivity index (χ3v) is 6.11. The molecule has 0 bridgehead atoms. The van der Waals surface area contributed by atoms with E-state index in [9.17, 15) is 8.42 Å². The van der Waals surface area contributed by atoms with E-state index in [-0.39, 0.29) is 23.6 Å². The molecule has 0 saturated carbocycles. The first kappa shape index (κ1) is 15.8. The Morgan fingerprint density at radius 3 is 2.75 bits per heavy atom. The SMILES string of the molecule is CC(N)Cc1ccc(N2CCS(=O)(=O)CC2C)cc1Br. The van der Waals surface area contributed by atoms with Crippen LogP contribution in [0.1, 0.15) is 19.4 Å². The molecule has 4 nitrogen and oxygen atoms in total. The van der Waals surface area contributed by atoms with Gasteiger partial charge in [-0.2, -0.15) is 0 Å². The van der Waals surface area contributed by atoms with E-state index < -0.39 is 9.84 Å². The molecular formula is C14H21BrN2O2S. The first-order valence-corrected chi connectivity index (χ1v) is 9.41. The fourth-order valence-corrected chi connectivity index (χ4v) is 4.69. The van der Waals surface area contributed by atoms with Crippen molar-refractivity contribution in [1.82, 2.24) is 0 Å². The topological polar surface area (TPSA) is 63.4 Å². The van der Waals surface area contributed by atoms with E-state index in [1.807, 2.05) is 13.8 Å². The molecule has 1 fully saturated rings. The van der Waals surface area contributed by atoms with Crippen molar-refractivity contribution in [3.8, 4) is 0 Å². The Morgan fingerprint density at radius 1 is 1.50 bits per heavy atom. The van der Waals surface area contributed by atoms with E-state index in [4.69, 9.17) is 5.73 Å². The lowest BCUT2D eigenvalue weighted by Crippen LogP contribution is -2.47. The molecule has 2 unspecified atom stereocenters. The minimum Gasteiger partial charge on any atom is -0.367 e. The molecule has 1 heterocycles. The van der Waals surface area contributed by atoms with Crippen LogP contribution in [0.2, 0.25) is 0 Å². The van der Waals surface area contributed by atoms with E-state index in [2.05, 4.69) is 39.0 Å². The Kier molecular flexibility index (Phi) is 4.76. The zero-order chi connectivity index (χ0) is 14.9. The third-order valence-electron chi connectivity index (χ3n) is 3.58. The number of hydrogen-bond acceptors (Lipinski definition) is 4. The number of anilines is 1. The van der Waals surface area contributed by atoms with Gasteiger partial charge in [-0.15, -0.1) is 0 Å². The highest BCUT2D eigenvalue weighted by atomic mass is 79.9. The van der Waals surface area contributed by atoms with Crippen LogP contribution < -0.4 is 10.6 Å². The van der Waals surface area contributed by atoms with Crippen molar-refractivity contribution in [2.45, 2.75) is 32.4 Å². The molecule has 2 atom stereocenters. The Hall–Kier alpha value is -0.590. The summed E-state index contributed by atoms with van der Waals surface area (Å²) in [5, 5.41) is 0. The fraction of sp³-hybridized carbons (Fsp3) is 0.571. The summed E-state index contributed by atoms with van der Waals surface area (Å²) >= 11 is 3.58. The van der Waals surface area contributed by atoms with Crippen molar-refractivity contribution in [3.63, 3.8) is 0 Å². The quantitative estimate of drug-likeness (QED) is 0.894. The number of nitrogens with zero attached hydrogens (tertiary/aromatic N) is 1. The van der Waals surface area contributed by atoms with E-state index in [1.54, 1.807) is 0 Å². The Morgan fingerprint density at radius 2 is 2.20 bits per heavy atom. The summed E-state index contributed by atoms with van der Waals surface area (Å²) in [6.45, 7) is 4.50. The van der Waals surface area contributed by atoms with Gasteiger partial charge in [-0.1, -0.05) is 22.0 Å². The van der Waals surface area contributed by atoms with Gasteiger partial charge >= 0.3 is 0 Å². The smallest absolute Gasteiger partial charge is 0.154 e. The molecular weight excluding hydrogens is 340 g/mol. The Balaban J connectivity index is 2.20. The summed E-state index contributed by atoms with van der Waals surface area (Å²) in [7, 11) is -2.88. The van der Waals surface area contributed by atoms with Crippen molar-refractivity contribution >= 4 is 31.5 Å². The third kappa shape index (κ3) is 3.74. The minimum atomic E-state index is -2.88. The predicted molar refractivity (Wildman–Crippen MR) is 87.0 cm³/mol. The number of hydrogen-bond donors (Lipinski definition) is 1. The van der Waals surface area contributed by atoms with Gasteiger partial charge in [-0.25, -0.2) is 8.42 Å². The molecule has 20 heavy (non-hydrogen) atoms.